The molecule has 0 radical (unpaired) electrons. The largest absolute Gasteiger partial charge is 0.395 e. The topological polar surface area (TPSA) is 83.8 Å². The molecule has 0 fully saturated rings. The number of benzene rings is 1. The van der Waals surface area contributed by atoms with Crippen LogP contribution in [0.15, 0.2) is 28.7 Å². The molecule has 1 aromatic heterocycles. The normalized spacial score (nSPS) is 10.3. The van der Waals surface area contributed by atoms with Crippen LogP contribution in [-0.4, -0.2) is 16.1 Å². The fraction of sp³-hybridized carbons (Fsp3) is 0.167. The number of amides is 1. The minimum absolute atomic E-state index is 0.225. The van der Waals surface area contributed by atoms with E-state index in [1.165, 1.54) is 0 Å². The van der Waals surface area contributed by atoms with Crippen molar-refractivity contribution in [3.63, 3.8) is 0 Å². The van der Waals surface area contributed by atoms with Gasteiger partial charge in [-0.1, -0.05) is 19.1 Å². The molecule has 1 aromatic carbocycles. The number of H-pyrrole nitrogens is 1. The molecule has 6 heteroatoms. The third kappa shape index (κ3) is 2.38. The molecule has 4 N–H and O–H groups in total. The van der Waals surface area contributed by atoms with E-state index in [0.29, 0.717) is 17.8 Å². The van der Waals surface area contributed by atoms with Crippen LogP contribution in [0.25, 0.3) is 0 Å². The van der Waals surface area contributed by atoms with Crippen molar-refractivity contribution in [3.8, 4) is 0 Å². The fourth-order valence-electron chi connectivity index (χ4n) is 1.57. The molecule has 0 unspecified atom stereocenters. The zero-order valence-corrected chi connectivity index (χ0v) is 11.4. The number of aromatic amines is 1. The van der Waals surface area contributed by atoms with Crippen molar-refractivity contribution < 1.29 is 4.79 Å². The molecule has 94 valence electrons. The molecule has 18 heavy (non-hydrogen) atoms. The van der Waals surface area contributed by atoms with Gasteiger partial charge in [0.05, 0.1) is 17.1 Å². The van der Waals surface area contributed by atoms with Crippen molar-refractivity contribution >= 4 is 33.2 Å². The summed E-state index contributed by atoms with van der Waals surface area (Å²) in [5, 5.41) is 9.45. The van der Waals surface area contributed by atoms with Crippen molar-refractivity contribution in [2.45, 2.75) is 13.3 Å². The number of nitrogen functional groups attached to an aromatic ring is 1. The lowest BCUT2D eigenvalue weighted by Gasteiger charge is -2.05. The highest BCUT2D eigenvalue weighted by molar-refractivity contribution is 9.10. The number of nitrogens with two attached hydrogens (primary N) is 1. The smallest absolute Gasteiger partial charge is 0.278 e. The number of halogens is 1. The van der Waals surface area contributed by atoms with Crippen molar-refractivity contribution in [2.24, 2.45) is 0 Å². The van der Waals surface area contributed by atoms with Crippen LogP contribution >= 0.6 is 15.9 Å². The molecule has 0 aliphatic carbocycles. The SMILES string of the molecule is CCc1[nH]nc(C(=O)Nc2ccccc2Br)c1N. The summed E-state index contributed by atoms with van der Waals surface area (Å²) in [7, 11) is 0. The van der Waals surface area contributed by atoms with Gasteiger partial charge in [0.15, 0.2) is 5.69 Å². The van der Waals surface area contributed by atoms with Crippen LogP contribution < -0.4 is 11.1 Å². The van der Waals surface area contributed by atoms with E-state index in [1.54, 1.807) is 6.07 Å². The Bertz CT molecular complexity index is 579. The minimum Gasteiger partial charge on any atom is -0.395 e. The van der Waals surface area contributed by atoms with Crippen LogP contribution in [0.2, 0.25) is 0 Å². The van der Waals surface area contributed by atoms with Crippen molar-refractivity contribution in [2.75, 3.05) is 11.1 Å². The number of nitrogens with one attached hydrogen (secondary N) is 2. The number of aromatic nitrogens is 2. The van der Waals surface area contributed by atoms with Crippen LogP contribution in [0.5, 0.6) is 0 Å². The Morgan fingerprint density at radius 2 is 2.22 bits per heavy atom. The van der Waals surface area contributed by atoms with E-state index in [9.17, 15) is 4.79 Å². The molecule has 5 nitrogen and oxygen atoms in total. The predicted octanol–water partition coefficient (Wildman–Crippen LogP) is 2.57. The number of para-hydroxylation sites is 1. The number of nitrogens with zero attached hydrogens (tertiary/aromatic N) is 1. The van der Waals surface area contributed by atoms with Gasteiger partial charge >= 0.3 is 0 Å². The molecule has 0 aliphatic rings. The minimum atomic E-state index is -0.324. The number of carbonyl (C=O) groups is 1. The van der Waals surface area contributed by atoms with E-state index < -0.39 is 0 Å². The highest BCUT2D eigenvalue weighted by Gasteiger charge is 2.17. The van der Waals surface area contributed by atoms with Crippen molar-refractivity contribution in [3.05, 3.63) is 40.1 Å². The van der Waals surface area contributed by atoms with E-state index in [-0.39, 0.29) is 11.6 Å². The first-order chi connectivity index (χ1) is 8.63. The molecule has 2 rings (SSSR count). The second kappa shape index (κ2) is 5.22. The van der Waals surface area contributed by atoms with Gasteiger partial charge in [0.2, 0.25) is 0 Å². The first-order valence-electron chi connectivity index (χ1n) is 5.52. The summed E-state index contributed by atoms with van der Waals surface area (Å²) in [6, 6.07) is 7.36. The Kier molecular flexibility index (Phi) is 3.66. The molecule has 0 saturated carbocycles. The number of rotatable bonds is 3. The van der Waals surface area contributed by atoms with Gasteiger partial charge in [-0.15, -0.1) is 0 Å². The maximum absolute atomic E-state index is 12.0. The number of anilines is 2. The maximum Gasteiger partial charge on any atom is 0.278 e. The molecule has 2 aromatic rings. The lowest BCUT2D eigenvalue weighted by atomic mass is 10.2. The molecular formula is C12H13BrN4O. The number of carbonyl (C=O) groups excluding carboxylic acids is 1. The lowest BCUT2D eigenvalue weighted by Crippen LogP contribution is -2.14. The molecule has 1 heterocycles. The molecule has 1 amide bonds. The van der Waals surface area contributed by atoms with Gasteiger partial charge in [0.25, 0.3) is 5.91 Å². The summed E-state index contributed by atoms with van der Waals surface area (Å²) in [4.78, 5) is 12.0. The predicted molar refractivity (Wildman–Crippen MR) is 74.5 cm³/mol. The average molecular weight is 309 g/mol. The van der Waals surface area contributed by atoms with Crippen LogP contribution in [0.4, 0.5) is 11.4 Å². The quantitative estimate of drug-likeness (QED) is 0.815. The highest BCUT2D eigenvalue weighted by atomic mass is 79.9. The Morgan fingerprint density at radius 1 is 1.50 bits per heavy atom. The first kappa shape index (κ1) is 12.6. The highest BCUT2D eigenvalue weighted by Crippen LogP contribution is 2.23. The summed E-state index contributed by atoms with van der Waals surface area (Å²) in [6.45, 7) is 1.94. The van der Waals surface area contributed by atoms with Crippen LogP contribution in [-0.2, 0) is 6.42 Å². The summed E-state index contributed by atoms with van der Waals surface area (Å²) in [5.41, 5.74) is 7.92. The van der Waals surface area contributed by atoms with E-state index in [2.05, 4.69) is 31.4 Å². The van der Waals surface area contributed by atoms with E-state index in [4.69, 9.17) is 5.73 Å². The van der Waals surface area contributed by atoms with Gasteiger partial charge in [-0.25, -0.2) is 0 Å². The summed E-state index contributed by atoms with van der Waals surface area (Å²) in [5.74, 6) is -0.324. The second-order valence-corrected chi connectivity index (χ2v) is 4.61. The Morgan fingerprint density at radius 3 is 2.83 bits per heavy atom. The zero-order valence-electron chi connectivity index (χ0n) is 9.83. The van der Waals surface area contributed by atoms with Gasteiger partial charge in [-0.2, -0.15) is 5.10 Å². The molecule has 0 saturated heterocycles. The van der Waals surface area contributed by atoms with Gasteiger partial charge in [-0.05, 0) is 34.5 Å². The fourth-order valence-corrected chi connectivity index (χ4v) is 1.96. The van der Waals surface area contributed by atoms with Crippen LogP contribution in [0.3, 0.4) is 0 Å². The van der Waals surface area contributed by atoms with Gasteiger partial charge in [0.1, 0.15) is 0 Å². The van der Waals surface area contributed by atoms with E-state index in [1.807, 2.05) is 25.1 Å². The summed E-state index contributed by atoms with van der Waals surface area (Å²) < 4.78 is 0.808. The van der Waals surface area contributed by atoms with Crippen LogP contribution in [0, 0.1) is 0 Å². The molecule has 0 spiro atoms. The number of hydrogen-bond acceptors (Lipinski definition) is 3. The third-order valence-electron chi connectivity index (χ3n) is 2.57. The molecular weight excluding hydrogens is 296 g/mol. The standard InChI is InChI=1S/C12H13BrN4O/c1-2-8-10(14)11(17-16-8)12(18)15-9-6-4-3-5-7(9)13/h3-6H,2,14H2,1H3,(H,15,18)(H,16,17). The maximum atomic E-state index is 12.0. The van der Waals surface area contributed by atoms with Crippen molar-refractivity contribution in [1.82, 2.24) is 10.2 Å². The van der Waals surface area contributed by atoms with Gasteiger partial charge in [0, 0.05) is 4.47 Å². The van der Waals surface area contributed by atoms with Gasteiger partial charge < -0.3 is 11.1 Å². The third-order valence-corrected chi connectivity index (χ3v) is 3.27. The number of aryl methyl sites for hydroxylation is 1. The summed E-state index contributed by atoms with van der Waals surface area (Å²) >= 11 is 3.36. The van der Waals surface area contributed by atoms with Crippen LogP contribution in [0.1, 0.15) is 23.1 Å². The summed E-state index contributed by atoms with van der Waals surface area (Å²) in [6.07, 6.45) is 0.709. The lowest BCUT2D eigenvalue weighted by molar-refractivity contribution is 0.102. The first-order valence-corrected chi connectivity index (χ1v) is 6.31. The molecule has 0 aliphatic heterocycles. The Hall–Kier alpha value is -1.82. The Balaban J connectivity index is 2.22. The van der Waals surface area contributed by atoms with E-state index in [0.717, 1.165) is 10.2 Å². The monoisotopic (exact) mass is 308 g/mol. The van der Waals surface area contributed by atoms with Gasteiger partial charge in [-0.3, -0.25) is 9.89 Å². The zero-order chi connectivity index (χ0) is 13.1. The Labute approximate surface area is 113 Å². The van der Waals surface area contributed by atoms with Crippen molar-refractivity contribution in [1.29, 1.82) is 0 Å². The second-order valence-electron chi connectivity index (χ2n) is 3.75. The number of hydrogen-bond donors (Lipinski definition) is 3. The molecule has 0 bridgehead atoms. The average Bonchev–Trinajstić information content (AvgIpc) is 2.73. The molecule has 0 atom stereocenters. The van der Waals surface area contributed by atoms with E-state index >= 15 is 0 Å².